The summed E-state index contributed by atoms with van der Waals surface area (Å²) in [6, 6.07) is 2.14. The minimum absolute atomic E-state index is 0.111. The van der Waals surface area contributed by atoms with Crippen LogP contribution in [0.3, 0.4) is 0 Å². The smallest absolute Gasteiger partial charge is 0.339 e. The molecular weight excluding hydrogens is 176 g/mol. The first-order valence-electron chi connectivity index (χ1n) is 3.54. The van der Waals surface area contributed by atoms with E-state index in [2.05, 4.69) is 9.15 Å². The molecule has 1 aromatic rings. The summed E-state index contributed by atoms with van der Waals surface area (Å²) >= 11 is 0. The van der Waals surface area contributed by atoms with Crippen molar-refractivity contribution < 1.29 is 19.1 Å². The van der Waals surface area contributed by atoms with Crippen LogP contribution in [0, 0.1) is 0 Å². The lowest BCUT2D eigenvalue weighted by Gasteiger charge is -2.00. The van der Waals surface area contributed by atoms with Gasteiger partial charge in [-0.25, -0.2) is 4.79 Å². The molecule has 0 unspecified atom stereocenters. The predicted octanol–water partition coefficient (Wildman–Crippen LogP) is 0.408. The lowest BCUT2D eigenvalue weighted by atomic mass is 10.4. The van der Waals surface area contributed by atoms with Gasteiger partial charge in [0.25, 0.3) is 0 Å². The van der Waals surface area contributed by atoms with Crippen molar-refractivity contribution in [3.63, 3.8) is 0 Å². The van der Waals surface area contributed by atoms with E-state index >= 15 is 0 Å². The van der Waals surface area contributed by atoms with Gasteiger partial charge < -0.3 is 14.3 Å². The Balaban J connectivity index is 2.77. The predicted molar refractivity (Wildman–Crippen MR) is 42.1 cm³/mol. The Kier molecular flexibility index (Phi) is 2.69. The third-order valence-corrected chi connectivity index (χ3v) is 1.22. The molecular formula is C8H8O5. The SMILES string of the molecule is CC(=O)OCc1cc(O)cc(=O)o1. The fourth-order valence-corrected chi connectivity index (χ4v) is 0.759. The van der Waals surface area contributed by atoms with Gasteiger partial charge in [-0.05, 0) is 0 Å². The Hall–Kier alpha value is -1.78. The van der Waals surface area contributed by atoms with E-state index in [-0.39, 0.29) is 18.1 Å². The molecule has 0 radical (unpaired) electrons. The molecule has 0 amide bonds. The number of carbonyl (C=O) groups is 1. The van der Waals surface area contributed by atoms with Gasteiger partial charge >= 0.3 is 11.6 Å². The standard InChI is InChI=1S/C8H8O5/c1-5(9)12-4-7-2-6(10)3-8(11)13-7/h2-3,10H,4H2,1H3. The van der Waals surface area contributed by atoms with Crippen LogP contribution in [-0.4, -0.2) is 11.1 Å². The van der Waals surface area contributed by atoms with Crippen molar-refractivity contribution in [3.8, 4) is 5.75 Å². The molecule has 0 aromatic carbocycles. The van der Waals surface area contributed by atoms with Crippen LogP contribution >= 0.6 is 0 Å². The van der Waals surface area contributed by atoms with E-state index in [0.717, 1.165) is 6.07 Å². The van der Waals surface area contributed by atoms with Crippen LogP contribution in [0.2, 0.25) is 0 Å². The monoisotopic (exact) mass is 184 g/mol. The van der Waals surface area contributed by atoms with E-state index in [4.69, 9.17) is 5.11 Å². The number of aromatic hydroxyl groups is 1. The van der Waals surface area contributed by atoms with Gasteiger partial charge in [-0.15, -0.1) is 0 Å². The van der Waals surface area contributed by atoms with E-state index in [1.165, 1.54) is 13.0 Å². The van der Waals surface area contributed by atoms with Crippen molar-refractivity contribution in [1.29, 1.82) is 0 Å². The average molecular weight is 184 g/mol. The first kappa shape index (κ1) is 9.31. The summed E-state index contributed by atoms with van der Waals surface area (Å²) in [4.78, 5) is 21.1. The van der Waals surface area contributed by atoms with Crippen LogP contribution < -0.4 is 5.63 Å². The molecule has 1 N–H and O–H groups in total. The zero-order valence-corrected chi connectivity index (χ0v) is 6.94. The highest BCUT2D eigenvalue weighted by atomic mass is 16.5. The Morgan fingerprint density at radius 1 is 1.62 bits per heavy atom. The molecule has 0 spiro atoms. The van der Waals surface area contributed by atoms with Crippen LogP contribution in [0.1, 0.15) is 12.7 Å². The van der Waals surface area contributed by atoms with E-state index < -0.39 is 11.6 Å². The molecule has 1 aromatic heterocycles. The molecule has 5 heteroatoms. The third kappa shape index (κ3) is 2.98. The lowest BCUT2D eigenvalue weighted by molar-refractivity contribution is -0.142. The van der Waals surface area contributed by atoms with E-state index in [9.17, 15) is 9.59 Å². The average Bonchev–Trinajstić information content (AvgIpc) is 1.99. The van der Waals surface area contributed by atoms with Crippen molar-refractivity contribution >= 4 is 5.97 Å². The van der Waals surface area contributed by atoms with Gasteiger partial charge in [0, 0.05) is 13.0 Å². The highest BCUT2D eigenvalue weighted by Gasteiger charge is 2.02. The van der Waals surface area contributed by atoms with Gasteiger partial charge in [-0.3, -0.25) is 4.79 Å². The first-order chi connectivity index (χ1) is 6.08. The Labute approximate surface area is 73.6 Å². The van der Waals surface area contributed by atoms with Gasteiger partial charge in [0.05, 0.1) is 6.07 Å². The lowest BCUT2D eigenvalue weighted by Crippen LogP contribution is -2.03. The summed E-state index contributed by atoms with van der Waals surface area (Å²) in [5.74, 6) is -0.579. The minimum Gasteiger partial charge on any atom is -0.508 e. The zero-order valence-electron chi connectivity index (χ0n) is 6.94. The number of esters is 1. The second kappa shape index (κ2) is 3.75. The number of ether oxygens (including phenoxy) is 1. The van der Waals surface area contributed by atoms with E-state index in [1.807, 2.05) is 0 Å². The normalized spacial score (nSPS) is 9.62. The second-order valence-electron chi connectivity index (χ2n) is 2.38. The maximum Gasteiger partial charge on any atom is 0.339 e. The number of rotatable bonds is 2. The second-order valence-corrected chi connectivity index (χ2v) is 2.38. The molecule has 13 heavy (non-hydrogen) atoms. The maximum atomic E-state index is 10.7. The minimum atomic E-state index is -0.679. The van der Waals surface area contributed by atoms with Gasteiger partial charge in [0.15, 0.2) is 0 Å². The number of carbonyl (C=O) groups excluding carboxylic acids is 1. The molecule has 0 atom stereocenters. The van der Waals surface area contributed by atoms with Gasteiger partial charge in [0.2, 0.25) is 0 Å². The summed E-state index contributed by atoms with van der Waals surface area (Å²) in [6.07, 6.45) is 0. The molecule has 0 aliphatic carbocycles. The van der Waals surface area contributed by atoms with Crippen molar-refractivity contribution in [2.75, 3.05) is 0 Å². The van der Waals surface area contributed by atoms with Crippen molar-refractivity contribution in [3.05, 3.63) is 28.3 Å². The van der Waals surface area contributed by atoms with E-state index in [1.54, 1.807) is 0 Å². The van der Waals surface area contributed by atoms with Gasteiger partial charge in [-0.1, -0.05) is 0 Å². The summed E-state index contributed by atoms with van der Waals surface area (Å²) in [7, 11) is 0. The molecule has 70 valence electrons. The van der Waals surface area contributed by atoms with Crippen molar-refractivity contribution in [2.45, 2.75) is 13.5 Å². The molecule has 0 saturated heterocycles. The van der Waals surface area contributed by atoms with Crippen LogP contribution in [0.15, 0.2) is 21.3 Å². The molecule has 0 aliphatic heterocycles. The maximum absolute atomic E-state index is 10.7. The quantitative estimate of drug-likeness (QED) is 0.673. The van der Waals surface area contributed by atoms with Crippen LogP contribution in [-0.2, 0) is 16.1 Å². The molecule has 1 rings (SSSR count). The van der Waals surface area contributed by atoms with Crippen LogP contribution in [0.5, 0.6) is 5.75 Å². The topological polar surface area (TPSA) is 76.7 Å². The van der Waals surface area contributed by atoms with Gasteiger partial charge in [0.1, 0.15) is 18.1 Å². The van der Waals surface area contributed by atoms with E-state index in [0.29, 0.717) is 0 Å². The number of hydrogen-bond acceptors (Lipinski definition) is 5. The summed E-state index contributed by atoms with van der Waals surface area (Å²) < 4.78 is 9.17. The van der Waals surface area contributed by atoms with Crippen LogP contribution in [0.4, 0.5) is 0 Å². The fourth-order valence-electron chi connectivity index (χ4n) is 0.759. The fraction of sp³-hybridized carbons (Fsp3) is 0.250. The number of hydrogen-bond donors (Lipinski definition) is 1. The van der Waals surface area contributed by atoms with Crippen molar-refractivity contribution in [1.82, 2.24) is 0 Å². The summed E-state index contributed by atoms with van der Waals surface area (Å²) in [6.45, 7) is 1.08. The third-order valence-electron chi connectivity index (χ3n) is 1.22. The molecule has 0 bridgehead atoms. The van der Waals surface area contributed by atoms with Crippen molar-refractivity contribution in [2.24, 2.45) is 0 Å². The molecule has 0 aliphatic rings. The highest BCUT2D eigenvalue weighted by molar-refractivity contribution is 5.65. The Morgan fingerprint density at radius 3 is 2.85 bits per heavy atom. The molecule has 1 heterocycles. The highest BCUT2D eigenvalue weighted by Crippen LogP contribution is 2.08. The Morgan fingerprint density at radius 2 is 2.31 bits per heavy atom. The summed E-state index contributed by atoms with van der Waals surface area (Å²) in [5.41, 5.74) is -0.679. The Bertz CT molecular complexity index is 365. The van der Waals surface area contributed by atoms with Crippen LogP contribution in [0.25, 0.3) is 0 Å². The molecule has 0 saturated carbocycles. The molecule has 5 nitrogen and oxygen atoms in total. The van der Waals surface area contributed by atoms with Gasteiger partial charge in [-0.2, -0.15) is 0 Å². The zero-order chi connectivity index (χ0) is 9.84. The largest absolute Gasteiger partial charge is 0.508 e. The summed E-state index contributed by atoms with van der Waals surface area (Å²) in [5, 5.41) is 8.96. The molecule has 0 fully saturated rings. The first-order valence-corrected chi connectivity index (χ1v) is 3.54.